The van der Waals surface area contributed by atoms with Gasteiger partial charge >= 0.3 is 0 Å². The van der Waals surface area contributed by atoms with Gasteiger partial charge in [0.2, 0.25) is 11.8 Å². The summed E-state index contributed by atoms with van der Waals surface area (Å²) < 4.78 is 5.69. The lowest BCUT2D eigenvalue weighted by molar-refractivity contribution is -0.384. The van der Waals surface area contributed by atoms with Crippen molar-refractivity contribution in [3.8, 4) is 11.3 Å². The molecule has 212 valence electrons. The summed E-state index contributed by atoms with van der Waals surface area (Å²) in [5.74, 6) is 0.291. The molecule has 1 fully saturated rings. The molecule has 3 aromatic carbocycles. The van der Waals surface area contributed by atoms with Crippen LogP contribution in [0.2, 0.25) is 5.02 Å². The van der Waals surface area contributed by atoms with Crippen LogP contribution in [0.1, 0.15) is 11.3 Å². The fourth-order valence-corrected chi connectivity index (χ4v) is 4.92. The van der Waals surface area contributed by atoms with Gasteiger partial charge in [0.15, 0.2) is 0 Å². The summed E-state index contributed by atoms with van der Waals surface area (Å²) in [6.45, 7) is 2.42. The number of amides is 2. The maximum Gasteiger partial charge on any atom is 0.280 e. The average molecular weight is 583 g/mol. The number of hydrogen-bond acceptors (Lipinski definition) is 6. The van der Waals surface area contributed by atoms with Gasteiger partial charge in [0.25, 0.3) is 5.69 Å². The zero-order valence-electron chi connectivity index (χ0n) is 22.5. The van der Waals surface area contributed by atoms with E-state index in [0.717, 1.165) is 11.3 Å². The Balaban J connectivity index is 1.14. The van der Waals surface area contributed by atoms with Crippen molar-refractivity contribution in [3.63, 3.8) is 0 Å². The number of para-hydroxylation sites is 1. The molecule has 0 saturated carbocycles. The van der Waals surface area contributed by atoms with Gasteiger partial charge in [-0.3, -0.25) is 19.7 Å². The van der Waals surface area contributed by atoms with E-state index in [4.69, 9.17) is 16.0 Å². The first kappa shape index (κ1) is 28.4. The Morgan fingerprint density at radius 2 is 1.62 bits per heavy atom. The van der Waals surface area contributed by atoms with Gasteiger partial charge in [-0.05, 0) is 54.1 Å². The maximum atomic E-state index is 12.6. The number of nitro benzene ring substituents is 1. The van der Waals surface area contributed by atoms with Gasteiger partial charge in [-0.15, -0.1) is 0 Å². The van der Waals surface area contributed by atoms with Crippen LogP contribution in [-0.2, 0) is 9.59 Å². The van der Waals surface area contributed by atoms with Crippen molar-refractivity contribution in [2.24, 2.45) is 0 Å². The highest BCUT2D eigenvalue weighted by Crippen LogP contribution is 2.32. The van der Waals surface area contributed by atoms with Crippen LogP contribution in [0, 0.1) is 10.1 Å². The van der Waals surface area contributed by atoms with Crippen LogP contribution >= 0.6 is 11.6 Å². The van der Waals surface area contributed by atoms with Crippen LogP contribution in [0.25, 0.3) is 23.5 Å². The Kier molecular flexibility index (Phi) is 8.79. The number of nitrogens with zero attached hydrogens (tertiary/aromatic N) is 3. The molecule has 0 unspecified atom stereocenters. The summed E-state index contributed by atoms with van der Waals surface area (Å²) in [5, 5.41) is 14.6. The molecule has 42 heavy (non-hydrogen) atoms. The van der Waals surface area contributed by atoms with E-state index in [1.165, 1.54) is 18.2 Å². The van der Waals surface area contributed by atoms with Crippen LogP contribution in [0.3, 0.4) is 0 Å². The second-order valence-electron chi connectivity index (χ2n) is 9.52. The zero-order chi connectivity index (χ0) is 29.5. The number of rotatable bonds is 8. The van der Waals surface area contributed by atoms with Gasteiger partial charge in [0.1, 0.15) is 11.5 Å². The summed E-state index contributed by atoms with van der Waals surface area (Å²) >= 11 is 6.57. The fourth-order valence-electron chi connectivity index (χ4n) is 4.62. The van der Waals surface area contributed by atoms with Crippen molar-refractivity contribution in [1.82, 2.24) is 4.90 Å². The van der Waals surface area contributed by atoms with Crippen LogP contribution < -0.4 is 10.2 Å². The number of hydrogen-bond donors (Lipinski definition) is 1. The number of piperazine rings is 1. The highest BCUT2D eigenvalue weighted by Gasteiger charge is 2.21. The van der Waals surface area contributed by atoms with Gasteiger partial charge in [0, 0.05) is 50.1 Å². The second kappa shape index (κ2) is 13.0. The van der Waals surface area contributed by atoms with Crippen molar-refractivity contribution < 1.29 is 18.9 Å². The SMILES string of the molecule is O=C(/C=C/c1ccc(-c2ccccc2[N+](=O)[O-])o1)Nc1ccc(N2CCN(C(=O)/C=C/c3ccccc3)CC2)c(Cl)c1. The van der Waals surface area contributed by atoms with Gasteiger partial charge in [-0.2, -0.15) is 0 Å². The Hall–Kier alpha value is -5.15. The topological polar surface area (TPSA) is 109 Å². The van der Waals surface area contributed by atoms with E-state index in [1.54, 1.807) is 48.5 Å². The van der Waals surface area contributed by atoms with E-state index >= 15 is 0 Å². The van der Waals surface area contributed by atoms with E-state index in [0.29, 0.717) is 54.0 Å². The monoisotopic (exact) mass is 582 g/mol. The molecule has 1 N–H and O–H groups in total. The number of benzene rings is 3. The van der Waals surface area contributed by atoms with E-state index < -0.39 is 10.8 Å². The minimum Gasteiger partial charge on any atom is -0.456 e. The van der Waals surface area contributed by atoms with Gasteiger partial charge in [-0.25, -0.2) is 0 Å². The molecular weight excluding hydrogens is 556 g/mol. The number of furan rings is 1. The third kappa shape index (κ3) is 6.94. The third-order valence-corrected chi connectivity index (χ3v) is 7.06. The largest absolute Gasteiger partial charge is 0.456 e. The lowest BCUT2D eigenvalue weighted by Gasteiger charge is -2.36. The van der Waals surface area contributed by atoms with E-state index in [-0.39, 0.29) is 11.6 Å². The first-order valence-electron chi connectivity index (χ1n) is 13.3. The molecule has 5 rings (SSSR count). The molecule has 0 spiro atoms. The van der Waals surface area contributed by atoms with Crippen molar-refractivity contribution in [3.05, 3.63) is 124 Å². The molecule has 2 amide bonds. The Morgan fingerprint density at radius 1 is 0.881 bits per heavy atom. The van der Waals surface area contributed by atoms with Crippen molar-refractivity contribution in [1.29, 1.82) is 0 Å². The number of nitro groups is 1. The lowest BCUT2D eigenvalue weighted by Crippen LogP contribution is -2.48. The Labute approximate surface area is 247 Å². The predicted octanol–water partition coefficient (Wildman–Crippen LogP) is 6.52. The molecule has 0 bridgehead atoms. The zero-order valence-corrected chi connectivity index (χ0v) is 23.2. The summed E-state index contributed by atoms with van der Waals surface area (Å²) in [5.41, 5.74) is 2.63. The molecule has 10 heteroatoms. The summed E-state index contributed by atoms with van der Waals surface area (Å²) in [7, 11) is 0. The quantitative estimate of drug-likeness (QED) is 0.144. The molecule has 1 saturated heterocycles. The predicted molar refractivity (Wildman–Crippen MR) is 164 cm³/mol. The Bertz CT molecular complexity index is 1660. The minimum atomic E-state index is -0.468. The third-order valence-electron chi connectivity index (χ3n) is 6.76. The molecular formula is C32H27ClN4O5. The van der Waals surface area contributed by atoms with E-state index in [1.807, 2.05) is 47.4 Å². The van der Waals surface area contributed by atoms with Crippen LogP contribution in [0.5, 0.6) is 0 Å². The van der Waals surface area contributed by atoms with Crippen molar-refractivity contribution >= 4 is 52.6 Å². The molecule has 9 nitrogen and oxygen atoms in total. The van der Waals surface area contributed by atoms with E-state index in [2.05, 4.69) is 10.2 Å². The van der Waals surface area contributed by atoms with Crippen LogP contribution in [0.4, 0.5) is 17.1 Å². The number of anilines is 2. The number of carbonyl (C=O) groups is 2. The molecule has 0 atom stereocenters. The van der Waals surface area contributed by atoms with Gasteiger partial charge < -0.3 is 19.5 Å². The first-order chi connectivity index (χ1) is 20.4. The van der Waals surface area contributed by atoms with Crippen LogP contribution in [-0.4, -0.2) is 47.8 Å². The second-order valence-corrected chi connectivity index (χ2v) is 9.93. The first-order valence-corrected chi connectivity index (χ1v) is 13.6. The highest BCUT2D eigenvalue weighted by molar-refractivity contribution is 6.33. The highest BCUT2D eigenvalue weighted by atomic mass is 35.5. The average Bonchev–Trinajstić information content (AvgIpc) is 3.49. The van der Waals surface area contributed by atoms with Crippen LogP contribution in [0.15, 0.2) is 101 Å². The molecule has 2 heterocycles. The summed E-state index contributed by atoms with van der Waals surface area (Å²) in [4.78, 5) is 39.9. The maximum absolute atomic E-state index is 12.6. The molecule has 1 aliphatic heterocycles. The molecule has 1 aromatic heterocycles. The molecule has 0 aliphatic carbocycles. The van der Waals surface area contributed by atoms with E-state index in [9.17, 15) is 19.7 Å². The van der Waals surface area contributed by atoms with Gasteiger partial charge in [0.05, 0.1) is 21.2 Å². The Morgan fingerprint density at radius 3 is 2.36 bits per heavy atom. The number of halogens is 1. The summed E-state index contributed by atoms with van der Waals surface area (Å²) in [6, 6.07) is 24.5. The van der Waals surface area contributed by atoms with Crippen molar-refractivity contribution in [2.75, 3.05) is 36.4 Å². The fraction of sp³-hybridized carbons (Fsp3) is 0.125. The van der Waals surface area contributed by atoms with Gasteiger partial charge in [-0.1, -0.05) is 54.1 Å². The van der Waals surface area contributed by atoms with Crippen molar-refractivity contribution in [2.45, 2.75) is 0 Å². The minimum absolute atomic E-state index is 0.0251. The summed E-state index contributed by atoms with van der Waals surface area (Å²) in [6.07, 6.45) is 6.22. The molecule has 0 radical (unpaired) electrons. The number of carbonyl (C=O) groups excluding carboxylic acids is 2. The lowest BCUT2D eigenvalue weighted by atomic mass is 10.1. The smallest absolute Gasteiger partial charge is 0.280 e. The normalized spacial score (nSPS) is 13.5. The molecule has 4 aromatic rings. The number of nitrogens with one attached hydrogen (secondary N) is 1. The molecule has 1 aliphatic rings. The standard InChI is InChI=1S/C32H27ClN4O5/c33-27-22-24(34-31(38)16-13-25-12-15-30(42-25)26-8-4-5-9-28(26)37(40)41)11-14-29(27)35-18-20-36(21-19-35)32(39)17-10-23-6-2-1-3-7-23/h1-17,22H,18-21H2,(H,34,38)/b16-13+,17-10+.